The molecule has 0 spiro atoms. The van der Waals surface area contributed by atoms with E-state index in [9.17, 15) is 24.8 Å². The predicted octanol–water partition coefficient (Wildman–Crippen LogP) is 0.831. The number of nitro groups is 1. The number of benzene rings is 1. The van der Waals surface area contributed by atoms with E-state index in [0.717, 1.165) is 7.11 Å². The van der Waals surface area contributed by atoms with Crippen molar-refractivity contribution in [2.75, 3.05) is 25.6 Å². The zero-order chi connectivity index (χ0) is 15.8. The van der Waals surface area contributed by atoms with E-state index in [4.69, 9.17) is 0 Å². The second kappa shape index (κ2) is 5.04. The minimum absolute atomic E-state index is 0.0557. The molecular formula is C13H14N2O6. The number of rotatable bonds is 3. The van der Waals surface area contributed by atoms with Gasteiger partial charge in [-0.1, -0.05) is 0 Å². The van der Waals surface area contributed by atoms with Crippen LogP contribution in [0, 0.1) is 15.5 Å². The van der Waals surface area contributed by atoms with Gasteiger partial charge in [-0.3, -0.25) is 19.7 Å². The van der Waals surface area contributed by atoms with Crippen molar-refractivity contribution >= 4 is 23.3 Å². The number of esters is 1. The Balaban J connectivity index is 2.55. The van der Waals surface area contributed by atoms with Crippen LogP contribution >= 0.6 is 0 Å². The molecule has 1 N–H and O–H groups in total. The first-order chi connectivity index (χ1) is 9.81. The third-order valence-corrected chi connectivity index (χ3v) is 3.67. The SMILES string of the molecule is COC(=O)C1(C(=O)O)Cc2cc([N+](=O)[O-])ccc2N(C)C1. The molecule has 0 saturated carbocycles. The molecule has 1 aromatic carbocycles. The van der Waals surface area contributed by atoms with E-state index in [1.165, 1.54) is 12.1 Å². The fraction of sp³-hybridized carbons (Fsp3) is 0.385. The first-order valence-electron chi connectivity index (χ1n) is 6.12. The summed E-state index contributed by atoms with van der Waals surface area (Å²) in [6.45, 7) is -0.0557. The summed E-state index contributed by atoms with van der Waals surface area (Å²) in [7, 11) is 2.75. The van der Waals surface area contributed by atoms with Crippen molar-refractivity contribution in [2.24, 2.45) is 5.41 Å². The molecule has 21 heavy (non-hydrogen) atoms. The number of carbonyl (C=O) groups is 2. The molecule has 1 unspecified atom stereocenters. The Morgan fingerprint density at radius 3 is 2.67 bits per heavy atom. The standard InChI is InChI=1S/C13H14N2O6/c1-14-7-13(11(16)17,12(18)21-2)6-8-5-9(15(19)20)3-4-10(8)14/h3-5H,6-7H2,1-2H3,(H,16,17). The Morgan fingerprint density at radius 2 is 2.14 bits per heavy atom. The number of carboxylic acids is 1. The molecule has 1 aromatic rings. The number of anilines is 1. The molecule has 1 aliphatic heterocycles. The Kier molecular flexibility index (Phi) is 3.54. The van der Waals surface area contributed by atoms with Crippen LogP contribution in [0.2, 0.25) is 0 Å². The van der Waals surface area contributed by atoms with Crippen molar-refractivity contribution in [3.8, 4) is 0 Å². The van der Waals surface area contributed by atoms with Crippen LogP contribution in [0.3, 0.4) is 0 Å². The van der Waals surface area contributed by atoms with E-state index in [0.29, 0.717) is 11.3 Å². The fourth-order valence-corrected chi connectivity index (χ4v) is 2.63. The third kappa shape index (κ3) is 2.28. The molecule has 1 heterocycles. The van der Waals surface area contributed by atoms with Gasteiger partial charge in [-0.2, -0.15) is 0 Å². The number of hydrogen-bond donors (Lipinski definition) is 1. The summed E-state index contributed by atoms with van der Waals surface area (Å²) in [6.07, 6.45) is -0.143. The average Bonchev–Trinajstić information content (AvgIpc) is 2.45. The highest BCUT2D eigenvalue weighted by atomic mass is 16.6. The lowest BCUT2D eigenvalue weighted by Crippen LogP contribution is -2.52. The van der Waals surface area contributed by atoms with Crippen LogP contribution in [-0.2, 0) is 20.7 Å². The van der Waals surface area contributed by atoms with Gasteiger partial charge >= 0.3 is 11.9 Å². The van der Waals surface area contributed by atoms with Crippen molar-refractivity contribution in [3.63, 3.8) is 0 Å². The zero-order valence-corrected chi connectivity index (χ0v) is 11.5. The zero-order valence-electron chi connectivity index (χ0n) is 11.5. The molecular weight excluding hydrogens is 280 g/mol. The molecule has 0 radical (unpaired) electrons. The van der Waals surface area contributed by atoms with E-state index in [1.807, 2.05) is 0 Å². The Bertz CT molecular complexity index is 629. The molecule has 2 rings (SSSR count). The van der Waals surface area contributed by atoms with Crippen LogP contribution in [0.5, 0.6) is 0 Å². The molecule has 0 aromatic heterocycles. The van der Waals surface area contributed by atoms with Crippen molar-refractivity contribution < 1.29 is 24.4 Å². The van der Waals surface area contributed by atoms with Crippen LogP contribution in [0.25, 0.3) is 0 Å². The maximum Gasteiger partial charge on any atom is 0.325 e. The lowest BCUT2D eigenvalue weighted by Gasteiger charge is -2.38. The molecule has 0 saturated heterocycles. The van der Waals surface area contributed by atoms with Gasteiger partial charge in [0.25, 0.3) is 5.69 Å². The fourth-order valence-electron chi connectivity index (χ4n) is 2.63. The first-order valence-corrected chi connectivity index (χ1v) is 6.12. The van der Waals surface area contributed by atoms with Gasteiger partial charge in [-0.15, -0.1) is 0 Å². The smallest absolute Gasteiger partial charge is 0.325 e. The summed E-state index contributed by atoms with van der Waals surface area (Å²) in [6, 6.07) is 4.20. The van der Waals surface area contributed by atoms with Gasteiger partial charge in [0.15, 0.2) is 5.41 Å². The number of carboxylic acid groups (broad SMARTS) is 1. The van der Waals surface area contributed by atoms with Crippen LogP contribution in [0.1, 0.15) is 5.56 Å². The predicted molar refractivity (Wildman–Crippen MR) is 72.2 cm³/mol. The second-order valence-electron chi connectivity index (χ2n) is 4.98. The number of hydrogen-bond acceptors (Lipinski definition) is 6. The summed E-state index contributed by atoms with van der Waals surface area (Å²) in [4.78, 5) is 35.4. The quantitative estimate of drug-likeness (QED) is 0.380. The Hall–Kier alpha value is -2.64. The molecule has 8 nitrogen and oxygen atoms in total. The monoisotopic (exact) mass is 294 g/mol. The van der Waals surface area contributed by atoms with Crippen molar-refractivity contribution in [1.29, 1.82) is 0 Å². The van der Waals surface area contributed by atoms with E-state index in [1.54, 1.807) is 18.0 Å². The van der Waals surface area contributed by atoms with Crippen LogP contribution in [0.4, 0.5) is 11.4 Å². The minimum Gasteiger partial charge on any atom is -0.480 e. The second-order valence-corrected chi connectivity index (χ2v) is 4.98. The molecule has 8 heteroatoms. The number of aliphatic carboxylic acids is 1. The van der Waals surface area contributed by atoms with Crippen molar-refractivity contribution in [3.05, 3.63) is 33.9 Å². The van der Waals surface area contributed by atoms with Gasteiger partial charge in [0.2, 0.25) is 0 Å². The van der Waals surface area contributed by atoms with E-state index >= 15 is 0 Å². The van der Waals surface area contributed by atoms with E-state index < -0.39 is 22.3 Å². The molecule has 1 aliphatic rings. The summed E-state index contributed by atoms with van der Waals surface area (Å²) in [5.41, 5.74) is -0.800. The number of methoxy groups -OCH3 is 1. The number of carbonyl (C=O) groups excluding carboxylic acids is 1. The lowest BCUT2D eigenvalue weighted by molar-refractivity contribution is -0.384. The lowest BCUT2D eigenvalue weighted by atomic mass is 9.77. The maximum absolute atomic E-state index is 11.9. The van der Waals surface area contributed by atoms with Gasteiger partial charge in [0.1, 0.15) is 0 Å². The van der Waals surface area contributed by atoms with Crippen LogP contribution < -0.4 is 4.90 Å². The van der Waals surface area contributed by atoms with Gasteiger partial charge < -0.3 is 14.7 Å². The Labute approximate surface area is 120 Å². The molecule has 1 atom stereocenters. The first kappa shape index (κ1) is 14.8. The van der Waals surface area contributed by atoms with Gasteiger partial charge in [0.05, 0.1) is 12.0 Å². The van der Waals surface area contributed by atoms with Crippen LogP contribution in [0.15, 0.2) is 18.2 Å². The normalized spacial score (nSPS) is 20.6. The average molecular weight is 294 g/mol. The van der Waals surface area contributed by atoms with E-state index in [2.05, 4.69) is 4.74 Å². The maximum atomic E-state index is 11.9. The highest BCUT2D eigenvalue weighted by Gasteiger charge is 2.51. The number of fused-ring (bicyclic) bond motifs is 1. The number of nitrogens with zero attached hydrogens (tertiary/aromatic N) is 2. The molecule has 0 bridgehead atoms. The van der Waals surface area contributed by atoms with Crippen molar-refractivity contribution in [1.82, 2.24) is 0 Å². The van der Waals surface area contributed by atoms with E-state index in [-0.39, 0.29) is 18.7 Å². The van der Waals surface area contributed by atoms with Gasteiger partial charge in [0, 0.05) is 37.8 Å². The largest absolute Gasteiger partial charge is 0.480 e. The topological polar surface area (TPSA) is 110 Å². The number of non-ortho nitro benzene ring substituents is 1. The number of nitro benzene ring substituents is 1. The highest BCUT2D eigenvalue weighted by molar-refractivity contribution is 6.01. The van der Waals surface area contributed by atoms with Gasteiger partial charge in [-0.25, -0.2) is 0 Å². The molecule has 0 aliphatic carbocycles. The third-order valence-electron chi connectivity index (χ3n) is 3.67. The van der Waals surface area contributed by atoms with Crippen molar-refractivity contribution in [2.45, 2.75) is 6.42 Å². The summed E-state index contributed by atoms with van der Waals surface area (Å²) in [5.74, 6) is -2.17. The Morgan fingerprint density at radius 1 is 1.48 bits per heavy atom. The highest BCUT2D eigenvalue weighted by Crippen LogP contribution is 2.38. The summed E-state index contributed by atoms with van der Waals surface area (Å²) < 4.78 is 4.62. The van der Waals surface area contributed by atoms with Gasteiger partial charge in [-0.05, 0) is 11.6 Å². The molecule has 0 fully saturated rings. The molecule has 0 amide bonds. The minimum atomic E-state index is -1.76. The number of ether oxygens (including phenoxy) is 1. The summed E-state index contributed by atoms with van der Waals surface area (Å²) in [5, 5.41) is 20.3. The molecule has 112 valence electrons. The summed E-state index contributed by atoms with van der Waals surface area (Å²) >= 11 is 0. The van der Waals surface area contributed by atoms with Crippen LogP contribution in [-0.4, -0.2) is 42.7 Å².